The highest BCUT2D eigenvalue weighted by atomic mass is 16.6. The quantitative estimate of drug-likeness (QED) is 0.632. The Hall–Kier alpha value is -3.41. The first-order chi connectivity index (χ1) is 15.0. The first-order valence-corrected chi connectivity index (χ1v) is 10.7. The van der Waals surface area contributed by atoms with E-state index in [2.05, 4.69) is 26.0 Å². The summed E-state index contributed by atoms with van der Waals surface area (Å²) >= 11 is 0. The topological polar surface area (TPSA) is 62.7 Å². The predicted octanol–water partition coefficient (Wildman–Crippen LogP) is 4.43. The first kappa shape index (κ1) is 20.8. The summed E-state index contributed by atoms with van der Waals surface area (Å²) in [5.41, 5.74) is 5.64. The third-order valence-electron chi connectivity index (χ3n) is 5.84. The van der Waals surface area contributed by atoms with Crippen molar-refractivity contribution >= 4 is 22.9 Å². The highest BCUT2D eigenvalue weighted by Gasteiger charge is 2.27. The molecule has 2 aromatic carbocycles. The first-order valence-electron chi connectivity index (χ1n) is 10.7. The van der Waals surface area contributed by atoms with Crippen LogP contribution in [0.2, 0.25) is 0 Å². The third-order valence-corrected chi connectivity index (χ3v) is 5.84. The fourth-order valence-corrected chi connectivity index (χ4v) is 3.88. The second-order valence-corrected chi connectivity index (χ2v) is 7.85. The van der Waals surface area contributed by atoms with Gasteiger partial charge in [-0.2, -0.15) is 0 Å². The zero-order valence-corrected chi connectivity index (χ0v) is 18.2. The molecule has 2 heterocycles. The Kier molecular flexibility index (Phi) is 5.89. The number of carbonyl (C=O) groups is 2. The molecular weight excluding hydrogens is 390 g/mol. The fourth-order valence-electron chi connectivity index (χ4n) is 3.88. The van der Waals surface area contributed by atoms with Crippen LogP contribution in [0.3, 0.4) is 0 Å². The minimum absolute atomic E-state index is 0.0350. The highest BCUT2D eigenvalue weighted by molar-refractivity contribution is 6.07. The van der Waals surface area contributed by atoms with Crippen molar-refractivity contribution in [2.75, 3.05) is 32.8 Å². The Bertz CT molecular complexity index is 1130. The lowest BCUT2D eigenvalue weighted by Gasteiger charge is -2.34. The number of para-hydroxylation sites is 1. The number of ether oxygens (including phenoxy) is 1. The van der Waals surface area contributed by atoms with Gasteiger partial charge in [-0.05, 0) is 50.1 Å². The molecule has 1 aromatic heterocycles. The van der Waals surface area contributed by atoms with E-state index in [-0.39, 0.29) is 12.0 Å². The Labute approximate surface area is 182 Å². The van der Waals surface area contributed by atoms with Crippen molar-refractivity contribution in [2.45, 2.75) is 20.8 Å². The van der Waals surface area contributed by atoms with Crippen molar-refractivity contribution in [3.63, 3.8) is 0 Å². The number of hydrogen-bond acceptors (Lipinski definition) is 4. The number of nitrogens with zero attached hydrogens (tertiary/aromatic N) is 3. The molecule has 0 atom stereocenters. The van der Waals surface area contributed by atoms with E-state index in [0.717, 1.165) is 22.2 Å². The molecule has 0 bridgehead atoms. The lowest BCUT2D eigenvalue weighted by Crippen LogP contribution is -2.50. The van der Waals surface area contributed by atoms with Crippen LogP contribution in [0.15, 0.2) is 48.5 Å². The van der Waals surface area contributed by atoms with Crippen molar-refractivity contribution in [1.82, 2.24) is 14.8 Å². The summed E-state index contributed by atoms with van der Waals surface area (Å²) in [6.45, 7) is 8.20. The van der Waals surface area contributed by atoms with Gasteiger partial charge in [0.05, 0.1) is 23.4 Å². The number of aromatic nitrogens is 1. The number of carbonyl (C=O) groups excluding carboxylic acids is 2. The smallest absolute Gasteiger partial charge is 0.409 e. The lowest BCUT2D eigenvalue weighted by atomic mass is 10.00. The Morgan fingerprint density at radius 1 is 0.935 bits per heavy atom. The van der Waals surface area contributed by atoms with Crippen LogP contribution in [-0.4, -0.2) is 59.6 Å². The van der Waals surface area contributed by atoms with E-state index in [0.29, 0.717) is 38.3 Å². The minimum atomic E-state index is -0.319. The minimum Gasteiger partial charge on any atom is -0.450 e. The number of aryl methyl sites for hydroxylation is 2. The second-order valence-electron chi connectivity index (χ2n) is 7.85. The summed E-state index contributed by atoms with van der Waals surface area (Å²) in [7, 11) is 0. The average molecular weight is 418 g/mol. The summed E-state index contributed by atoms with van der Waals surface area (Å²) in [6.07, 6.45) is -0.319. The van der Waals surface area contributed by atoms with Gasteiger partial charge in [0, 0.05) is 37.1 Å². The molecular formula is C25H27N3O3. The molecule has 0 aliphatic carbocycles. The van der Waals surface area contributed by atoms with Gasteiger partial charge in [0.15, 0.2) is 0 Å². The molecule has 1 aliphatic rings. The van der Waals surface area contributed by atoms with Crippen molar-refractivity contribution < 1.29 is 14.3 Å². The summed E-state index contributed by atoms with van der Waals surface area (Å²) in [5, 5.41) is 0.841. The Morgan fingerprint density at radius 2 is 1.65 bits per heavy atom. The Balaban J connectivity index is 1.66. The van der Waals surface area contributed by atoms with Crippen LogP contribution in [0.4, 0.5) is 4.79 Å². The standard InChI is InChI=1S/C25H27N3O3/c1-4-31-25(30)28-13-11-27(12-14-28)24(29)21-16-23(19-10-9-17(2)18(3)15-19)26-22-8-6-5-7-20(21)22/h5-10,15-16H,4,11-14H2,1-3H3. The maximum absolute atomic E-state index is 13.5. The van der Waals surface area contributed by atoms with Crippen molar-refractivity contribution in [1.29, 1.82) is 0 Å². The number of benzene rings is 2. The van der Waals surface area contributed by atoms with Gasteiger partial charge in [0.25, 0.3) is 5.91 Å². The number of fused-ring (bicyclic) bond motifs is 1. The number of hydrogen-bond donors (Lipinski definition) is 0. The molecule has 1 saturated heterocycles. The summed E-state index contributed by atoms with van der Waals surface area (Å²) < 4.78 is 5.08. The molecule has 0 N–H and O–H groups in total. The number of piperazine rings is 1. The molecule has 4 rings (SSSR count). The maximum Gasteiger partial charge on any atom is 0.409 e. The van der Waals surface area contributed by atoms with E-state index in [1.165, 1.54) is 11.1 Å². The zero-order chi connectivity index (χ0) is 22.0. The number of amides is 2. The van der Waals surface area contributed by atoms with Gasteiger partial charge in [-0.15, -0.1) is 0 Å². The van der Waals surface area contributed by atoms with Gasteiger partial charge in [0.1, 0.15) is 0 Å². The van der Waals surface area contributed by atoms with Crippen molar-refractivity contribution in [3.05, 3.63) is 65.2 Å². The van der Waals surface area contributed by atoms with Gasteiger partial charge in [-0.1, -0.05) is 30.3 Å². The predicted molar refractivity (Wildman–Crippen MR) is 121 cm³/mol. The Morgan fingerprint density at radius 3 is 2.35 bits per heavy atom. The molecule has 1 fully saturated rings. The summed E-state index contributed by atoms with van der Waals surface area (Å²) in [6, 6.07) is 15.9. The molecule has 160 valence electrons. The molecule has 31 heavy (non-hydrogen) atoms. The van der Waals surface area contributed by atoms with Crippen LogP contribution >= 0.6 is 0 Å². The van der Waals surface area contributed by atoms with Crippen molar-refractivity contribution in [2.24, 2.45) is 0 Å². The van der Waals surface area contributed by atoms with E-state index >= 15 is 0 Å². The van der Waals surface area contributed by atoms with E-state index < -0.39 is 0 Å². The second kappa shape index (κ2) is 8.76. The molecule has 0 spiro atoms. The monoisotopic (exact) mass is 417 g/mol. The normalized spacial score (nSPS) is 14.0. The van der Waals surface area contributed by atoms with Gasteiger partial charge in [-0.3, -0.25) is 4.79 Å². The molecule has 1 aliphatic heterocycles. The van der Waals surface area contributed by atoms with Gasteiger partial charge < -0.3 is 14.5 Å². The van der Waals surface area contributed by atoms with E-state index in [9.17, 15) is 9.59 Å². The van der Waals surface area contributed by atoms with E-state index in [1.807, 2.05) is 41.3 Å². The molecule has 0 unspecified atom stereocenters. The van der Waals surface area contributed by atoms with Crippen LogP contribution in [0.5, 0.6) is 0 Å². The van der Waals surface area contributed by atoms with Crippen LogP contribution < -0.4 is 0 Å². The summed E-state index contributed by atoms with van der Waals surface area (Å²) in [5.74, 6) is -0.0350. The number of pyridine rings is 1. The molecule has 6 heteroatoms. The van der Waals surface area contributed by atoms with Crippen LogP contribution in [0.1, 0.15) is 28.4 Å². The molecule has 6 nitrogen and oxygen atoms in total. The SMILES string of the molecule is CCOC(=O)N1CCN(C(=O)c2cc(-c3ccc(C)c(C)c3)nc3ccccc23)CC1. The van der Waals surface area contributed by atoms with E-state index in [1.54, 1.807) is 11.8 Å². The molecule has 0 saturated carbocycles. The van der Waals surface area contributed by atoms with Gasteiger partial charge in [-0.25, -0.2) is 9.78 Å². The van der Waals surface area contributed by atoms with Crippen LogP contribution in [0, 0.1) is 13.8 Å². The molecule has 2 amide bonds. The highest BCUT2D eigenvalue weighted by Crippen LogP contribution is 2.27. The average Bonchev–Trinajstić information content (AvgIpc) is 2.80. The fraction of sp³-hybridized carbons (Fsp3) is 0.320. The lowest BCUT2D eigenvalue weighted by molar-refractivity contribution is 0.0572. The van der Waals surface area contributed by atoms with Crippen molar-refractivity contribution in [3.8, 4) is 11.3 Å². The largest absolute Gasteiger partial charge is 0.450 e. The zero-order valence-electron chi connectivity index (χ0n) is 18.2. The molecule has 3 aromatic rings. The third kappa shape index (κ3) is 4.24. The maximum atomic E-state index is 13.5. The van der Waals surface area contributed by atoms with Crippen LogP contribution in [-0.2, 0) is 4.74 Å². The van der Waals surface area contributed by atoms with Gasteiger partial charge >= 0.3 is 6.09 Å². The van der Waals surface area contributed by atoms with E-state index in [4.69, 9.17) is 9.72 Å². The summed E-state index contributed by atoms with van der Waals surface area (Å²) in [4.78, 5) is 33.7. The number of rotatable bonds is 3. The van der Waals surface area contributed by atoms with Gasteiger partial charge in [0.2, 0.25) is 0 Å². The van der Waals surface area contributed by atoms with Crippen LogP contribution in [0.25, 0.3) is 22.2 Å². The molecule has 0 radical (unpaired) electrons.